The van der Waals surface area contributed by atoms with Crippen molar-refractivity contribution in [2.75, 3.05) is 0 Å². The molecule has 2 aliphatic rings. The molecule has 134 valence electrons. The van der Waals surface area contributed by atoms with E-state index in [0.717, 1.165) is 22.9 Å². The summed E-state index contributed by atoms with van der Waals surface area (Å²) in [6.07, 6.45) is 2.27. The number of rotatable bonds is 3. The molecule has 2 heteroatoms. The van der Waals surface area contributed by atoms with Gasteiger partial charge in [-0.1, -0.05) is 58.6 Å². The fraction of sp³-hybridized carbons (Fsp3) is 0.333. The molecule has 0 saturated heterocycles. The Kier molecular flexibility index (Phi) is 4.53. The molecule has 0 aliphatic heterocycles. The van der Waals surface area contributed by atoms with Crippen LogP contribution in [-0.4, -0.2) is 0 Å². The van der Waals surface area contributed by atoms with Crippen molar-refractivity contribution in [3.63, 3.8) is 0 Å². The summed E-state index contributed by atoms with van der Waals surface area (Å²) in [5.74, 6) is 0.945. The molecule has 2 atom stereocenters. The largest absolute Gasteiger partial charge is 0.0837 e. The van der Waals surface area contributed by atoms with Gasteiger partial charge in [0.1, 0.15) is 0 Å². The third kappa shape index (κ3) is 2.58. The van der Waals surface area contributed by atoms with E-state index in [9.17, 15) is 0 Å². The first-order chi connectivity index (χ1) is 12.4. The van der Waals surface area contributed by atoms with Crippen molar-refractivity contribution < 1.29 is 0 Å². The first-order valence-electron chi connectivity index (χ1n) is 9.34. The van der Waals surface area contributed by atoms with Crippen molar-refractivity contribution in [2.45, 2.75) is 52.4 Å². The Labute approximate surface area is 166 Å². The van der Waals surface area contributed by atoms with E-state index in [0.29, 0.717) is 11.8 Å². The first kappa shape index (κ1) is 17.9. The van der Waals surface area contributed by atoms with Crippen molar-refractivity contribution >= 4 is 34.3 Å². The van der Waals surface area contributed by atoms with Crippen LogP contribution < -0.4 is 0 Å². The lowest BCUT2D eigenvalue weighted by atomic mass is 9.85. The maximum Gasteiger partial charge on any atom is 0.0484 e. The molecule has 2 unspecified atom stereocenters. The summed E-state index contributed by atoms with van der Waals surface area (Å²) in [6.45, 7) is 8.95. The monoisotopic (exact) mass is 382 g/mol. The molecule has 0 nitrogen and oxygen atoms in total. The zero-order chi connectivity index (χ0) is 18.6. The van der Waals surface area contributed by atoms with Gasteiger partial charge in [0.15, 0.2) is 0 Å². The van der Waals surface area contributed by atoms with Crippen molar-refractivity contribution in [3.8, 4) is 0 Å². The van der Waals surface area contributed by atoms with Gasteiger partial charge in [-0.05, 0) is 86.1 Å². The molecular weight excluding hydrogens is 359 g/mol. The quantitative estimate of drug-likeness (QED) is 0.500. The first-order valence-corrected chi connectivity index (χ1v) is 10.1. The lowest BCUT2D eigenvalue weighted by Crippen LogP contribution is -2.03. The summed E-state index contributed by atoms with van der Waals surface area (Å²) < 4.78 is 0. The third-order valence-corrected chi connectivity index (χ3v) is 7.19. The van der Waals surface area contributed by atoms with Gasteiger partial charge in [0.05, 0.1) is 0 Å². The van der Waals surface area contributed by atoms with Crippen LogP contribution in [0.4, 0.5) is 0 Å². The number of benzene rings is 2. The van der Waals surface area contributed by atoms with Crippen LogP contribution in [0.3, 0.4) is 0 Å². The van der Waals surface area contributed by atoms with Gasteiger partial charge >= 0.3 is 0 Å². The van der Waals surface area contributed by atoms with E-state index in [1.165, 1.54) is 44.5 Å². The number of hydrogen-bond donors (Lipinski definition) is 0. The molecule has 0 saturated carbocycles. The predicted molar refractivity (Wildman–Crippen MR) is 114 cm³/mol. The molecule has 2 aromatic rings. The van der Waals surface area contributed by atoms with E-state index in [1.807, 2.05) is 12.1 Å². The summed E-state index contributed by atoms with van der Waals surface area (Å²) >= 11 is 13.0. The second-order valence-corrected chi connectivity index (χ2v) is 8.52. The van der Waals surface area contributed by atoms with Gasteiger partial charge in [0.25, 0.3) is 0 Å². The van der Waals surface area contributed by atoms with Crippen LogP contribution in [0, 0.1) is 0 Å². The van der Waals surface area contributed by atoms with E-state index in [-0.39, 0.29) is 0 Å². The molecule has 2 aliphatic carbocycles. The van der Waals surface area contributed by atoms with Crippen molar-refractivity contribution in [2.24, 2.45) is 0 Å². The molecule has 0 aromatic heterocycles. The average molecular weight is 383 g/mol. The Morgan fingerprint density at radius 3 is 1.42 bits per heavy atom. The summed E-state index contributed by atoms with van der Waals surface area (Å²) in [4.78, 5) is 0. The van der Waals surface area contributed by atoms with Gasteiger partial charge in [0.2, 0.25) is 0 Å². The van der Waals surface area contributed by atoms with Crippen LogP contribution in [0.2, 0.25) is 10.0 Å². The minimum absolute atomic E-state index is 0.472. The Hall–Kier alpha value is -1.50. The average Bonchev–Trinajstić information content (AvgIpc) is 3.01. The lowest BCUT2D eigenvalue weighted by Gasteiger charge is -2.20. The van der Waals surface area contributed by atoms with E-state index < -0.39 is 0 Å². The topological polar surface area (TPSA) is 0 Å². The highest BCUT2D eigenvalue weighted by atomic mass is 35.5. The van der Waals surface area contributed by atoms with Crippen molar-refractivity contribution in [1.82, 2.24) is 0 Å². The number of halogens is 2. The van der Waals surface area contributed by atoms with Crippen LogP contribution in [0.1, 0.15) is 74.6 Å². The standard InChI is InChI=1S/C24H24Cl2/c1-13-15(3)23-19(7-5-9-21(23)25)17(13)11-12-18-14(2)16(4)24-20(18)8-6-10-22(24)26/h5-10,17-18H,11-12H2,1-4H3. The molecule has 2 aromatic carbocycles. The molecule has 4 rings (SSSR count). The maximum atomic E-state index is 6.49. The smallest absolute Gasteiger partial charge is 0.0484 e. The van der Waals surface area contributed by atoms with E-state index in [2.05, 4.69) is 52.0 Å². The number of fused-ring (bicyclic) bond motifs is 2. The van der Waals surface area contributed by atoms with Crippen LogP contribution >= 0.6 is 23.2 Å². The molecule has 0 radical (unpaired) electrons. The molecule has 0 spiro atoms. The third-order valence-electron chi connectivity index (χ3n) is 6.56. The van der Waals surface area contributed by atoms with Gasteiger partial charge in [-0.3, -0.25) is 0 Å². The predicted octanol–water partition coefficient (Wildman–Crippen LogP) is 8.26. The summed E-state index contributed by atoms with van der Waals surface area (Å²) in [5, 5.41) is 1.76. The van der Waals surface area contributed by atoms with Crippen LogP contribution in [-0.2, 0) is 0 Å². The minimum atomic E-state index is 0.472. The fourth-order valence-electron chi connectivity index (χ4n) is 4.91. The van der Waals surface area contributed by atoms with Gasteiger partial charge in [-0.2, -0.15) is 0 Å². The second-order valence-electron chi connectivity index (χ2n) is 7.71. The van der Waals surface area contributed by atoms with Crippen LogP contribution in [0.25, 0.3) is 11.1 Å². The van der Waals surface area contributed by atoms with Crippen LogP contribution in [0.15, 0.2) is 47.5 Å². The van der Waals surface area contributed by atoms with Gasteiger partial charge in [-0.25, -0.2) is 0 Å². The zero-order valence-corrected chi connectivity index (χ0v) is 17.3. The SMILES string of the molecule is CC1=C(C)C(CCC2C(C)=C(C)c3c(Cl)cccc32)c2cccc(Cl)c21. The summed E-state index contributed by atoms with van der Waals surface area (Å²) in [7, 11) is 0. The summed E-state index contributed by atoms with van der Waals surface area (Å²) in [6, 6.07) is 12.7. The Balaban J connectivity index is 1.64. The second kappa shape index (κ2) is 6.59. The Morgan fingerprint density at radius 1 is 0.654 bits per heavy atom. The van der Waals surface area contributed by atoms with Crippen molar-refractivity contribution in [1.29, 1.82) is 0 Å². The van der Waals surface area contributed by atoms with E-state index in [4.69, 9.17) is 23.2 Å². The van der Waals surface area contributed by atoms with Crippen molar-refractivity contribution in [3.05, 3.63) is 79.8 Å². The van der Waals surface area contributed by atoms with E-state index >= 15 is 0 Å². The van der Waals surface area contributed by atoms with Gasteiger partial charge in [-0.15, -0.1) is 0 Å². The molecule has 26 heavy (non-hydrogen) atoms. The molecule has 0 N–H and O–H groups in total. The fourth-order valence-corrected chi connectivity index (χ4v) is 5.56. The lowest BCUT2D eigenvalue weighted by molar-refractivity contribution is 0.611. The van der Waals surface area contributed by atoms with Crippen LogP contribution in [0.5, 0.6) is 0 Å². The van der Waals surface area contributed by atoms with Gasteiger partial charge < -0.3 is 0 Å². The molecule has 0 amide bonds. The highest BCUT2D eigenvalue weighted by Crippen LogP contribution is 2.50. The highest BCUT2D eigenvalue weighted by Gasteiger charge is 2.32. The summed E-state index contributed by atoms with van der Waals surface area (Å²) in [5.41, 5.74) is 11.0. The maximum absolute atomic E-state index is 6.49. The molecular formula is C24H24Cl2. The normalized spacial score (nSPS) is 21.5. The number of allylic oxidation sites excluding steroid dienone is 4. The van der Waals surface area contributed by atoms with E-state index in [1.54, 1.807) is 0 Å². The molecule has 0 bridgehead atoms. The number of hydrogen-bond acceptors (Lipinski definition) is 0. The minimum Gasteiger partial charge on any atom is -0.0837 e. The van der Waals surface area contributed by atoms with Gasteiger partial charge in [0, 0.05) is 21.9 Å². The molecule has 0 heterocycles. The zero-order valence-electron chi connectivity index (χ0n) is 15.8. The molecule has 0 fully saturated rings. The Bertz CT molecular complexity index is 883. The Morgan fingerprint density at radius 2 is 1.04 bits per heavy atom. The highest BCUT2D eigenvalue weighted by molar-refractivity contribution is 6.33.